The van der Waals surface area contributed by atoms with Crippen molar-refractivity contribution in [1.82, 2.24) is 5.32 Å². The van der Waals surface area contributed by atoms with Gasteiger partial charge in [0, 0.05) is 12.1 Å². The lowest BCUT2D eigenvalue weighted by molar-refractivity contribution is 0.264. The molecule has 0 amide bonds. The van der Waals surface area contributed by atoms with E-state index in [1.807, 2.05) is 25.1 Å². The van der Waals surface area contributed by atoms with Gasteiger partial charge in [-0.25, -0.2) is 8.78 Å². The number of benzene rings is 3. The van der Waals surface area contributed by atoms with E-state index in [1.54, 1.807) is 24.3 Å². The Balaban J connectivity index is 1.66. The molecule has 0 aliphatic carbocycles. The normalized spacial score (nSPS) is 10.9. The van der Waals surface area contributed by atoms with Crippen LogP contribution in [0, 0.1) is 11.6 Å². The third kappa shape index (κ3) is 6.42. The van der Waals surface area contributed by atoms with Crippen molar-refractivity contribution in [3.63, 3.8) is 0 Å². The SMILES string of the molecule is CCOc1cc(CNCCc2ccccc2F)cc(Br)c1OCc1c(F)cccc1Cl. The second-order valence-electron chi connectivity index (χ2n) is 6.84. The largest absolute Gasteiger partial charge is 0.490 e. The van der Waals surface area contributed by atoms with Gasteiger partial charge in [-0.05, 0) is 77.3 Å². The smallest absolute Gasteiger partial charge is 0.175 e. The molecule has 0 aromatic heterocycles. The minimum atomic E-state index is -0.419. The minimum absolute atomic E-state index is 0.0234. The maximum Gasteiger partial charge on any atom is 0.175 e. The highest BCUT2D eigenvalue weighted by Gasteiger charge is 2.15. The molecule has 0 aliphatic heterocycles. The first-order chi connectivity index (χ1) is 15.0. The average Bonchev–Trinajstić information content (AvgIpc) is 2.74. The molecule has 3 nitrogen and oxygen atoms in total. The van der Waals surface area contributed by atoms with E-state index >= 15 is 0 Å². The van der Waals surface area contributed by atoms with Crippen molar-refractivity contribution < 1.29 is 18.3 Å². The van der Waals surface area contributed by atoms with Crippen LogP contribution in [0.15, 0.2) is 59.1 Å². The van der Waals surface area contributed by atoms with Crippen LogP contribution >= 0.6 is 27.5 Å². The summed E-state index contributed by atoms with van der Waals surface area (Å²) in [5.74, 6) is 0.422. The first-order valence-electron chi connectivity index (χ1n) is 9.94. The Hall–Kier alpha value is -2.15. The zero-order chi connectivity index (χ0) is 22.2. The minimum Gasteiger partial charge on any atom is -0.490 e. The molecule has 0 spiro atoms. The maximum absolute atomic E-state index is 14.0. The number of rotatable bonds is 10. The Morgan fingerprint density at radius 1 is 1.00 bits per heavy atom. The Bertz CT molecular complexity index is 1010. The standard InChI is InChI=1S/C24H23BrClF2NO2/c1-2-30-23-13-16(14-29-11-10-17-6-3-4-8-21(17)27)12-19(25)24(23)31-15-18-20(26)7-5-9-22(18)28/h3-9,12-13,29H,2,10-11,14-15H2,1H3. The fraction of sp³-hybridized carbons (Fsp3) is 0.250. The molecule has 3 aromatic rings. The summed E-state index contributed by atoms with van der Waals surface area (Å²) in [6.07, 6.45) is 0.594. The zero-order valence-corrected chi connectivity index (χ0v) is 19.4. The predicted molar refractivity (Wildman–Crippen MR) is 123 cm³/mol. The Kier molecular flexibility index (Phi) is 8.69. The molecular formula is C24H23BrClF2NO2. The van der Waals surface area contributed by atoms with Gasteiger partial charge in [0.1, 0.15) is 18.2 Å². The average molecular weight is 511 g/mol. The fourth-order valence-corrected chi connectivity index (χ4v) is 3.92. The monoisotopic (exact) mass is 509 g/mol. The van der Waals surface area contributed by atoms with Gasteiger partial charge in [-0.15, -0.1) is 0 Å². The first-order valence-corrected chi connectivity index (χ1v) is 11.1. The van der Waals surface area contributed by atoms with E-state index in [2.05, 4.69) is 21.2 Å². The molecule has 0 heterocycles. The van der Waals surface area contributed by atoms with E-state index in [0.29, 0.717) is 52.7 Å². The summed E-state index contributed by atoms with van der Waals surface area (Å²) in [6, 6.07) is 15.1. The van der Waals surface area contributed by atoms with Crippen LogP contribution in [0.1, 0.15) is 23.6 Å². The maximum atomic E-state index is 14.0. The predicted octanol–water partition coefficient (Wildman–Crippen LogP) is 6.69. The van der Waals surface area contributed by atoms with Crippen molar-refractivity contribution in [2.24, 2.45) is 0 Å². The van der Waals surface area contributed by atoms with Crippen molar-refractivity contribution in [2.45, 2.75) is 26.5 Å². The summed E-state index contributed by atoms with van der Waals surface area (Å²) >= 11 is 9.62. The molecular weight excluding hydrogens is 488 g/mol. The number of hydrogen-bond acceptors (Lipinski definition) is 3. The highest BCUT2D eigenvalue weighted by molar-refractivity contribution is 9.10. The van der Waals surface area contributed by atoms with Crippen LogP contribution in [0.4, 0.5) is 8.78 Å². The quantitative estimate of drug-likeness (QED) is 0.308. The summed E-state index contributed by atoms with van der Waals surface area (Å²) in [5, 5.41) is 3.63. The van der Waals surface area contributed by atoms with Crippen LogP contribution in [-0.2, 0) is 19.6 Å². The summed E-state index contributed by atoms with van der Waals surface area (Å²) < 4.78 is 40.1. The molecule has 0 fully saturated rings. The summed E-state index contributed by atoms with van der Waals surface area (Å²) in [7, 11) is 0. The molecule has 164 valence electrons. The fourth-order valence-electron chi connectivity index (χ4n) is 3.10. The van der Waals surface area contributed by atoms with E-state index in [-0.39, 0.29) is 18.0 Å². The Labute approximate surface area is 194 Å². The van der Waals surface area contributed by atoms with Crippen molar-refractivity contribution in [2.75, 3.05) is 13.2 Å². The lowest BCUT2D eigenvalue weighted by Gasteiger charge is -2.16. The van der Waals surface area contributed by atoms with Gasteiger partial charge in [0.05, 0.1) is 16.1 Å². The molecule has 31 heavy (non-hydrogen) atoms. The lowest BCUT2D eigenvalue weighted by Crippen LogP contribution is -2.17. The Morgan fingerprint density at radius 2 is 1.77 bits per heavy atom. The van der Waals surface area contributed by atoms with Crippen LogP contribution in [-0.4, -0.2) is 13.2 Å². The van der Waals surface area contributed by atoms with E-state index in [4.69, 9.17) is 21.1 Å². The Morgan fingerprint density at radius 3 is 2.52 bits per heavy atom. The molecule has 0 unspecified atom stereocenters. The topological polar surface area (TPSA) is 30.5 Å². The molecule has 3 aromatic carbocycles. The number of ether oxygens (including phenoxy) is 2. The summed E-state index contributed by atoms with van der Waals surface area (Å²) in [4.78, 5) is 0. The summed E-state index contributed by atoms with van der Waals surface area (Å²) in [5.41, 5.74) is 1.94. The van der Waals surface area contributed by atoms with Gasteiger partial charge in [-0.3, -0.25) is 0 Å². The third-order valence-corrected chi connectivity index (χ3v) is 5.59. The molecule has 3 rings (SSSR count). The second-order valence-corrected chi connectivity index (χ2v) is 8.11. The van der Waals surface area contributed by atoms with Crippen LogP contribution in [0.2, 0.25) is 5.02 Å². The molecule has 0 radical (unpaired) electrons. The number of hydrogen-bond donors (Lipinski definition) is 1. The van der Waals surface area contributed by atoms with Crippen molar-refractivity contribution in [1.29, 1.82) is 0 Å². The number of halogens is 4. The van der Waals surface area contributed by atoms with Gasteiger partial charge in [-0.2, -0.15) is 0 Å². The summed E-state index contributed by atoms with van der Waals surface area (Å²) in [6.45, 7) is 3.52. The molecule has 7 heteroatoms. The molecule has 0 atom stereocenters. The number of nitrogens with one attached hydrogen (secondary N) is 1. The van der Waals surface area contributed by atoms with E-state index in [1.165, 1.54) is 12.1 Å². The molecule has 0 aliphatic rings. The van der Waals surface area contributed by atoms with E-state index in [0.717, 1.165) is 5.56 Å². The van der Waals surface area contributed by atoms with Crippen molar-refractivity contribution in [3.05, 3.63) is 92.4 Å². The van der Waals surface area contributed by atoms with Gasteiger partial charge in [0.15, 0.2) is 11.5 Å². The van der Waals surface area contributed by atoms with Gasteiger partial charge in [0.25, 0.3) is 0 Å². The van der Waals surface area contributed by atoms with Crippen molar-refractivity contribution >= 4 is 27.5 Å². The van der Waals surface area contributed by atoms with Gasteiger partial charge in [0.2, 0.25) is 0 Å². The lowest BCUT2D eigenvalue weighted by atomic mass is 10.1. The van der Waals surface area contributed by atoms with E-state index < -0.39 is 5.82 Å². The first kappa shape index (κ1) is 23.5. The third-order valence-electron chi connectivity index (χ3n) is 4.65. The highest BCUT2D eigenvalue weighted by Crippen LogP contribution is 2.38. The highest BCUT2D eigenvalue weighted by atomic mass is 79.9. The molecule has 0 bridgehead atoms. The second kappa shape index (κ2) is 11.5. The van der Waals surface area contributed by atoms with Crippen LogP contribution in [0.5, 0.6) is 11.5 Å². The zero-order valence-electron chi connectivity index (χ0n) is 17.1. The molecule has 0 saturated carbocycles. The van der Waals surface area contributed by atoms with Gasteiger partial charge < -0.3 is 14.8 Å². The van der Waals surface area contributed by atoms with Gasteiger partial charge >= 0.3 is 0 Å². The van der Waals surface area contributed by atoms with E-state index in [9.17, 15) is 8.78 Å². The van der Waals surface area contributed by atoms with Crippen molar-refractivity contribution in [3.8, 4) is 11.5 Å². The van der Waals surface area contributed by atoms with Crippen LogP contribution in [0.3, 0.4) is 0 Å². The van der Waals surface area contributed by atoms with Crippen LogP contribution in [0.25, 0.3) is 0 Å². The van der Waals surface area contributed by atoms with Crippen LogP contribution < -0.4 is 14.8 Å². The molecule has 1 N–H and O–H groups in total. The van der Waals surface area contributed by atoms with Gasteiger partial charge in [-0.1, -0.05) is 35.9 Å². The molecule has 0 saturated heterocycles.